The smallest absolute Gasteiger partial charge is 0.303 e. The summed E-state index contributed by atoms with van der Waals surface area (Å²) in [4.78, 5) is 41.5. The maximum Gasteiger partial charge on any atom is 0.303 e. The molecule has 4 aromatic rings. The van der Waals surface area contributed by atoms with Crippen molar-refractivity contribution < 1.29 is 23.9 Å². The van der Waals surface area contributed by atoms with E-state index in [9.17, 15) is 14.4 Å². The quantitative estimate of drug-likeness (QED) is 0.122. The zero-order valence-corrected chi connectivity index (χ0v) is 37.5. The van der Waals surface area contributed by atoms with Crippen molar-refractivity contribution in [2.24, 2.45) is 0 Å². The number of esters is 1. The maximum atomic E-state index is 13.0. The van der Waals surface area contributed by atoms with E-state index in [0.29, 0.717) is 16.3 Å². The maximum absolute atomic E-state index is 13.0. The number of nitrogens with zero attached hydrogens (tertiary/aromatic N) is 2. The van der Waals surface area contributed by atoms with Crippen LogP contribution >= 0.6 is 23.2 Å². The van der Waals surface area contributed by atoms with Gasteiger partial charge in [0.1, 0.15) is 5.75 Å². The number of likely N-dealkylation sites (N-methyl/N-ethyl adjacent to an activating group) is 2. The van der Waals surface area contributed by atoms with Crippen LogP contribution in [-0.2, 0) is 32.0 Å². The number of benzene rings is 4. The molecule has 2 saturated carbocycles. The minimum Gasteiger partial charge on any atom is -0.484 e. The van der Waals surface area contributed by atoms with Gasteiger partial charge in [0.2, 0.25) is 6.10 Å². The lowest BCUT2D eigenvalue weighted by molar-refractivity contribution is -0.154. The van der Waals surface area contributed by atoms with Crippen molar-refractivity contribution in [2.45, 2.75) is 107 Å². The summed E-state index contributed by atoms with van der Waals surface area (Å²) in [5.74, 6) is -0.154. The van der Waals surface area contributed by atoms with Crippen molar-refractivity contribution in [3.05, 3.63) is 135 Å². The van der Waals surface area contributed by atoms with Crippen molar-refractivity contribution in [1.82, 2.24) is 20.4 Å². The van der Waals surface area contributed by atoms with Gasteiger partial charge in [-0.2, -0.15) is 0 Å². The minimum atomic E-state index is -0.925. The van der Waals surface area contributed by atoms with E-state index in [1.807, 2.05) is 36.4 Å². The second-order valence-corrected chi connectivity index (χ2v) is 17.8. The second kappa shape index (κ2) is 21.9. The number of halogens is 2. The molecule has 0 bridgehead atoms. The van der Waals surface area contributed by atoms with Crippen LogP contribution in [0.5, 0.6) is 5.75 Å². The molecule has 0 spiro atoms. The third-order valence-electron chi connectivity index (χ3n) is 12.3. The van der Waals surface area contributed by atoms with Crippen LogP contribution in [0, 0.1) is 6.92 Å². The van der Waals surface area contributed by atoms with Crippen molar-refractivity contribution in [3.8, 4) is 5.75 Å². The molecular weight excluding hydrogens is 795 g/mol. The van der Waals surface area contributed by atoms with Gasteiger partial charge < -0.3 is 29.9 Å². The van der Waals surface area contributed by atoms with Gasteiger partial charge in [-0.25, -0.2) is 0 Å². The first-order valence-corrected chi connectivity index (χ1v) is 21.8. The molecule has 2 aliphatic rings. The number of aryl methyl sites for hydroxylation is 1. The Labute approximate surface area is 367 Å². The zero-order chi connectivity index (χ0) is 43.3. The first-order chi connectivity index (χ1) is 28.6. The van der Waals surface area contributed by atoms with Gasteiger partial charge in [0, 0.05) is 45.7 Å². The molecule has 11 heteroatoms. The standard InChI is InChI=1S/C25H31ClN2O3.C24H31ClN2O2/c1-18(29)31-23(20-9-5-4-6-10-20)24(30)27-22-12-14-25(15-13-22,28(2)3)17-19-8-7-11-21(26)16-19;1-18-4-6-19(7-5-18)16-24(27(2)3)14-12-21(13-15-24)26-23(28)17-29-22-10-8-20(25)9-11-22/h4-11,16,22-23H,12-15,17H2,1-3H3,(H,27,30);4-11,21H,12-17H2,1-3H3,(H,26,28). The number of rotatable bonds is 14. The van der Waals surface area contributed by atoms with E-state index < -0.39 is 12.1 Å². The predicted molar refractivity (Wildman–Crippen MR) is 242 cm³/mol. The van der Waals surface area contributed by atoms with Gasteiger partial charge in [-0.1, -0.05) is 95.5 Å². The van der Waals surface area contributed by atoms with Gasteiger partial charge in [0.05, 0.1) is 0 Å². The van der Waals surface area contributed by atoms with E-state index in [-0.39, 0.29) is 41.6 Å². The van der Waals surface area contributed by atoms with Crippen molar-refractivity contribution >= 4 is 41.0 Å². The summed E-state index contributed by atoms with van der Waals surface area (Å²) in [5.41, 5.74) is 4.75. The molecule has 0 aliphatic heterocycles. The van der Waals surface area contributed by atoms with Gasteiger partial charge in [-0.15, -0.1) is 0 Å². The molecule has 322 valence electrons. The summed E-state index contributed by atoms with van der Waals surface area (Å²) in [5, 5.41) is 7.66. The predicted octanol–water partition coefficient (Wildman–Crippen LogP) is 9.18. The molecule has 2 N–H and O–H groups in total. The molecule has 0 saturated heterocycles. The van der Waals surface area contributed by atoms with Crippen LogP contribution in [0.1, 0.15) is 86.6 Å². The molecular formula is C49H62Cl2N4O5. The average molecular weight is 858 g/mol. The Hall–Kier alpha value is -4.41. The highest BCUT2D eigenvalue weighted by molar-refractivity contribution is 6.30. The number of hydrogen-bond donors (Lipinski definition) is 2. The van der Waals surface area contributed by atoms with Crippen LogP contribution in [0.25, 0.3) is 0 Å². The van der Waals surface area contributed by atoms with E-state index in [2.05, 4.69) is 85.9 Å². The number of carbonyl (C=O) groups is 3. The Balaban J connectivity index is 0.000000228. The lowest BCUT2D eigenvalue weighted by atomic mass is 9.74. The van der Waals surface area contributed by atoms with Crippen LogP contribution in [0.15, 0.2) is 103 Å². The number of hydrogen-bond acceptors (Lipinski definition) is 7. The Kier molecular flexibility index (Phi) is 17.0. The Morgan fingerprint density at radius 1 is 0.683 bits per heavy atom. The summed E-state index contributed by atoms with van der Waals surface area (Å²) in [6, 6.07) is 33.3. The third kappa shape index (κ3) is 13.5. The molecule has 2 fully saturated rings. The van der Waals surface area contributed by atoms with Gasteiger partial charge in [-0.3, -0.25) is 14.4 Å². The molecule has 0 heterocycles. The number of ether oxygens (including phenoxy) is 2. The fourth-order valence-electron chi connectivity index (χ4n) is 8.57. The van der Waals surface area contributed by atoms with Gasteiger partial charge >= 0.3 is 5.97 Å². The third-order valence-corrected chi connectivity index (χ3v) is 12.8. The normalized spacial score (nSPS) is 21.9. The SMILES string of the molecule is CC(=O)OC(C(=O)NC1CCC(Cc2cccc(Cl)c2)(N(C)C)CC1)c1ccccc1.Cc1ccc(CC2(N(C)C)CCC(NC(=O)COc3ccc(Cl)cc3)CC2)cc1. The van der Waals surface area contributed by atoms with Crippen LogP contribution in [0.3, 0.4) is 0 Å². The molecule has 1 atom stereocenters. The number of carbonyl (C=O) groups excluding carboxylic acids is 3. The van der Waals surface area contributed by atoms with E-state index in [4.69, 9.17) is 32.7 Å². The van der Waals surface area contributed by atoms with Gasteiger partial charge in [0.15, 0.2) is 6.61 Å². The highest BCUT2D eigenvalue weighted by Crippen LogP contribution is 2.37. The highest BCUT2D eigenvalue weighted by Gasteiger charge is 2.39. The summed E-state index contributed by atoms with van der Waals surface area (Å²) in [6.45, 7) is 3.47. The van der Waals surface area contributed by atoms with Crippen LogP contribution in [0.4, 0.5) is 0 Å². The van der Waals surface area contributed by atoms with Crippen LogP contribution in [0.2, 0.25) is 10.0 Å². The van der Waals surface area contributed by atoms with E-state index in [1.54, 1.807) is 36.4 Å². The van der Waals surface area contributed by atoms with Crippen molar-refractivity contribution in [3.63, 3.8) is 0 Å². The number of nitrogens with one attached hydrogen (secondary N) is 2. The first-order valence-electron chi connectivity index (χ1n) is 21.0. The summed E-state index contributed by atoms with van der Waals surface area (Å²) in [6.07, 6.45) is 8.79. The monoisotopic (exact) mass is 856 g/mol. The Morgan fingerprint density at radius 2 is 1.23 bits per heavy atom. The molecule has 60 heavy (non-hydrogen) atoms. The second-order valence-electron chi connectivity index (χ2n) is 17.0. The van der Waals surface area contributed by atoms with Gasteiger partial charge in [0.25, 0.3) is 11.8 Å². The molecule has 1 unspecified atom stereocenters. The van der Waals surface area contributed by atoms with E-state index in [0.717, 1.165) is 69.2 Å². The Bertz CT molecular complexity index is 1980. The molecule has 9 nitrogen and oxygen atoms in total. The van der Waals surface area contributed by atoms with Crippen LogP contribution in [-0.4, -0.2) is 85.5 Å². The van der Waals surface area contributed by atoms with Crippen molar-refractivity contribution in [2.75, 3.05) is 34.8 Å². The molecule has 6 rings (SSSR count). The molecule has 2 aliphatic carbocycles. The van der Waals surface area contributed by atoms with E-state index in [1.165, 1.54) is 23.6 Å². The van der Waals surface area contributed by atoms with Crippen molar-refractivity contribution in [1.29, 1.82) is 0 Å². The minimum absolute atomic E-state index is 0.0281. The summed E-state index contributed by atoms with van der Waals surface area (Å²) in [7, 11) is 8.59. The fraction of sp³-hybridized carbons (Fsp3) is 0.449. The first kappa shape index (κ1) is 46.7. The zero-order valence-electron chi connectivity index (χ0n) is 36.0. The lowest BCUT2D eigenvalue weighted by Crippen LogP contribution is -2.52. The topological polar surface area (TPSA) is 100 Å². The molecule has 0 radical (unpaired) electrons. The lowest BCUT2D eigenvalue weighted by Gasteiger charge is -2.45. The number of amides is 2. The average Bonchev–Trinajstić information content (AvgIpc) is 3.22. The summed E-state index contributed by atoms with van der Waals surface area (Å²) < 4.78 is 10.9. The summed E-state index contributed by atoms with van der Waals surface area (Å²) >= 11 is 12.1. The van der Waals surface area contributed by atoms with Gasteiger partial charge in [-0.05, 0) is 147 Å². The molecule has 2 amide bonds. The fourth-order valence-corrected chi connectivity index (χ4v) is 8.91. The Morgan fingerprint density at radius 3 is 1.77 bits per heavy atom. The largest absolute Gasteiger partial charge is 0.484 e. The highest BCUT2D eigenvalue weighted by atomic mass is 35.5. The molecule has 0 aromatic heterocycles. The van der Waals surface area contributed by atoms with E-state index >= 15 is 0 Å². The van der Waals surface area contributed by atoms with Crippen LogP contribution < -0.4 is 15.4 Å². The molecule has 4 aromatic carbocycles.